The predicted molar refractivity (Wildman–Crippen MR) is 228 cm³/mol. The van der Waals surface area contributed by atoms with Gasteiger partial charge in [0.1, 0.15) is 43.6 Å². The van der Waals surface area contributed by atoms with Gasteiger partial charge in [-0.3, -0.25) is 9.88 Å². The molecule has 4 heterocycles. The van der Waals surface area contributed by atoms with Crippen LogP contribution >= 0.6 is 0 Å². The first kappa shape index (κ1) is 41.3. The summed E-state index contributed by atoms with van der Waals surface area (Å²) in [4.78, 5) is 18.8. The summed E-state index contributed by atoms with van der Waals surface area (Å²) < 4.78 is 49.8. The SMILES string of the molecule is COCOc1cc(-c2ncc3c(NCC4(N(C)C)CCC4)nc(OC[C@@]45CCCN4C[C@H](F)C5)nc3c2F)c2c(C#C[Si](C(C)C)(C(C)C)C(C)C)cccc2c1. The maximum Gasteiger partial charge on any atom is 0.319 e. The van der Waals surface area contributed by atoms with Crippen molar-refractivity contribution in [3.8, 4) is 34.5 Å². The number of hydrogen-bond donors (Lipinski definition) is 1. The second-order valence-electron chi connectivity index (χ2n) is 17.8. The van der Waals surface area contributed by atoms with Crippen molar-refractivity contribution < 1.29 is 23.0 Å². The molecule has 306 valence electrons. The lowest BCUT2D eigenvalue weighted by Gasteiger charge is -2.47. The van der Waals surface area contributed by atoms with Crippen LogP contribution in [-0.4, -0.2) is 104 Å². The zero-order valence-corrected chi connectivity index (χ0v) is 36.3. The lowest BCUT2D eigenvalue weighted by atomic mass is 9.75. The van der Waals surface area contributed by atoms with Crippen LogP contribution in [-0.2, 0) is 4.74 Å². The lowest BCUT2D eigenvalue weighted by Crippen LogP contribution is -2.54. The largest absolute Gasteiger partial charge is 0.468 e. The number of halogens is 2. The van der Waals surface area contributed by atoms with E-state index < -0.39 is 25.6 Å². The van der Waals surface area contributed by atoms with Crippen molar-refractivity contribution in [2.75, 3.05) is 59.6 Å². The van der Waals surface area contributed by atoms with E-state index in [2.05, 4.69) is 82.2 Å². The van der Waals surface area contributed by atoms with Crippen molar-refractivity contribution in [1.29, 1.82) is 0 Å². The Bertz CT molecular complexity index is 2140. The molecular formula is C45H60F2N6O3Si. The third kappa shape index (κ3) is 7.61. The molecule has 0 spiro atoms. The fraction of sp³-hybridized carbons (Fsp3) is 0.578. The zero-order valence-electron chi connectivity index (χ0n) is 35.3. The van der Waals surface area contributed by atoms with E-state index >= 15 is 4.39 Å². The Hall–Kier alpha value is -3.89. The first-order chi connectivity index (χ1) is 27.2. The number of alkyl halides is 1. The van der Waals surface area contributed by atoms with Gasteiger partial charge in [0, 0.05) is 54.9 Å². The Kier molecular flexibility index (Phi) is 11.9. The molecule has 57 heavy (non-hydrogen) atoms. The Morgan fingerprint density at radius 1 is 1.02 bits per heavy atom. The van der Waals surface area contributed by atoms with Gasteiger partial charge >= 0.3 is 6.01 Å². The summed E-state index contributed by atoms with van der Waals surface area (Å²) in [5.41, 5.74) is 6.37. The molecule has 3 aliphatic rings. The second kappa shape index (κ2) is 16.4. The van der Waals surface area contributed by atoms with Crippen molar-refractivity contribution in [1.82, 2.24) is 24.8 Å². The van der Waals surface area contributed by atoms with Crippen LogP contribution in [0.2, 0.25) is 16.6 Å². The number of pyridine rings is 1. The molecular weight excluding hydrogens is 739 g/mol. The van der Waals surface area contributed by atoms with E-state index in [-0.39, 0.29) is 36.2 Å². The van der Waals surface area contributed by atoms with Crippen LogP contribution in [0.3, 0.4) is 0 Å². The number of anilines is 1. The van der Waals surface area contributed by atoms with Gasteiger partial charge in [-0.05, 0) is 93.0 Å². The molecule has 2 atom stereocenters. The molecule has 2 aromatic carbocycles. The maximum atomic E-state index is 17.5. The molecule has 0 amide bonds. The highest BCUT2D eigenvalue weighted by Gasteiger charge is 2.49. The summed E-state index contributed by atoms with van der Waals surface area (Å²) >= 11 is 0. The van der Waals surface area contributed by atoms with Crippen LogP contribution in [0.15, 0.2) is 36.5 Å². The summed E-state index contributed by atoms with van der Waals surface area (Å²) in [7, 11) is 3.66. The lowest BCUT2D eigenvalue weighted by molar-refractivity contribution is 0.0512. The van der Waals surface area contributed by atoms with Crippen molar-refractivity contribution in [3.05, 3.63) is 47.9 Å². The molecule has 9 nitrogen and oxygen atoms in total. The van der Waals surface area contributed by atoms with Gasteiger partial charge in [-0.2, -0.15) is 9.97 Å². The van der Waals surface area contributed by atoms with Gasteiger partial charge in [-0.1, -0.05) is 59.6 Å². The van der Waals surface area contributed by atoms with Crippen molar-refractivity contribution >= 4 is 35.6 Å². The van der Waals surface area contributed by atoms with Gasteiger partial charge in [0.15, 0.2) is 12.6 Å². The van der Waals surface area contributed by atoms with Gasteiger partial charge in [0.05, 0.1) is 10.9 Å². The third-order valence-electron chi connectivity index (χ3n) is 13.5. The molecule has 1 saturated carbocycles. The number of aromatic nitrogens is 3. The van der Waals surface area contributed by atoms with E-state index in [1.807, 2.05) is 30.3 Å². The fourth-order valence-electron chi connectivity index (χ4n) is 10.2. The predicted octanol–water partition coefficient (Wildman–Crippen LogP) is 9.39. The van der Waals surface area contributed by atoms with Crippen LogP contribution in [0, 0.1) is 17.3 Å². The van der Waals surface area contributed by atoms with E-state index in [4.69, 9.17) is 29.2 Å². The first-order valence-corrected chi connectivity index (χ1v) is 23.0. The third-order valence-corrected chi connectivity index (χ3v) is 19.8. The van der Waals surface area contributed by atoms with Crippen LogP contribution in [0.25, 0.3) is 32.9 Å². The summed E-state index contributed by atoms with van der Waals surface area (Å²) in [6.07, 6.45) is 6.25. The number of ether oxygens (including phenoxy) is 3. The van der Waals surface area contributed by atoms with Gasteiger partial charge in [-0.25, -0.2) is 8.78 Å². The van der Waals surface area contributed by atoms with Gasteiger partial charge in [0.2, 0.25) is 0 Å². The standard InChI is InChI=1S/C45H60F2N6O3Si/c1-29(2)57(30(3)4,31(5)6)20-15-32-13-10-14-33-21-35(56-28-54-9)22-36(38(32)33)40-39(47)41-37(24-48-40)42(49-26-44(52(7)8)16-11-17-44)51-43(50-41)55-27-45-18-12-19-53(45)25-34(46)23-45/h10,13-14,21-22,24,29-31,34H,11-12,16-19,23,25-28H2,1-9H3,(H,49,50,51)/t34-,45+/m1/s1. The van der Waals surface area contributed by atoms with Crippen LogP contribution in [0.4, 0.5) is 14.6 Å². The summed E-state index contributed by atoms with van der Waals surface area (Å²) in [6.45, 7) is 15.9. The topological polar surface area (TPSA) is 84.9 Å². The van der Waals surface area contributed by atoms with Gasteiger partial charge in [-0.15, -0.1) is 5.54 Å². The molecule has 2 saturated heterocycles. The minimum absolute atomic E-state index is 0.0306. The van der Waals surface area contributed by atoms with E-state index in [1.165, 1.54) is 0 Å². The molecule has 2 aliphatic heterocycles. The summed E-state index contributed by atoms with van der Waals surface area (Å²) in [5, 5.41) is 5.65. The molecule has 0 unspecified atom stereocenters. The Labute approximate surface area is 338 Å². The normalized spacial score (nSPS) is 20.7. The second-order valence-corrected chi connectivity index (χ2v) is 23.4. The maximum absolute atomic E-state index is 17.5. The van der Waals surface area contributed by atoms with Crippen LogP contribution < -0.4 is 14.8 Å². The number of fused-ring (bicyclic) bond motifs is 3. The van der Waals surface area contributed by atoms with E-state index in [1.54, 1.807) is 13.3 Å². The average molecular weight is 799 g/mol. The van der Waals surface area contributed by atoms with E-state index in [9.17, 15) is 4.39 Å². The molecule has 3 fully saturated rings. The number of rotatable bonds is 14. The number of nitrogens with one attached hydrogen (secondary N) is 1. The van der Waals surface area contributed by atoms with Crippen LogP contribution in [0.5, 0.6) is 11.8 Å². The number of methoxy groups -OCH3 is 1. The Balaban J connectivity index is 1.38. The van der Waals surface area contributed by atoms with Crippen LogP contribution in [0.1, 0.15) is 85.6 Å². The fourth-order valence-corrected chi connectivity index (χ4v) is 15.4. The number of hydrogen-bond acceptors (Lipinski definition) is 9. The Morgan fingerprint density at radius 2 is 1.77 bits per heavy atom. The summed E-state index contributed by atoms with van der Waals surface area (Å²) in [5.74, 6) is 4.03. The minimum Gasteiger partial charge on any atom is -0.468 e. The quantitative estimate of drug-likeness (QED) is 0.0763. The number of benzene rings is 2. The minimum atomic E-state index is -2.10. The van der Waals surface area contributed by atoms with Crippen molar-refractivity contribution in [2.24, 2.45) is 0 Å². The van der Waals surface area contributed by atoms with E-state index in [0.717, 1.165) is 55.0 Å². The molecule has 1 aliphatic carbocycles. The molecule has 1 N–H and O–H groups in total. The summed E-state index contributed by atoms with van der Waals surface area (Å²) in [6, 6.07) is 9.81. The molecule has 2 aromatic heterocycles. The van der Waals surface area contributed by atoms with Gasteiger partial charge < -0.3 is 24.4 Å². The number of nitrogens with zero attached hydrogens (tertiary/aromatic N) is 5. The highest BCUT2D eigenvalue weighted by molar-refractivity contribution is 6.90. The molecule has 0 bridgehead atoms. The van der Waals surface area contributed by atoms with Crippen molar-refractivity contribution in [3.63, 3.8) is 0 Å². The smallest absolute Gasteiger partial charge is 0.319 e. The van der Waals surface area contributed by atoms with E-state index in [0.29, 0.717) is 58.7 Å². The molecule has 0 radical (unpaired) electrons. The highest BCUT2D eigenvalue weighted by Crippen LogP contribution is 2.44. The monoisotopic (exact) mass is 798 g/mol. The van der Waals surface area contributed by atoms with Gasteiger partial charge in [0.25, 0.3) is 0 Å². The highest BCUT2D eigenvalue weighted by atomic mass is 28.3. The van der Waals surface area contributed by atoms with Crippen molar-refractivity contribution in [2.45, 2.75) is 114 Å². The first-order valence-electron chi connectivity index (χ1n) is 20.7. The number of likely N-dealkylation sites (N-methyl/N-ethyl adjacent to an activating group) is 1. The molecule has 7 rings (SSSR count). The average Bonchev–Trinajstić information content (AvgIpc) is 3.68. The molecule has 12 heteroatoms. The molecule has 4 aromatic rings. The zero-order chi connectivity index (χ0) is 40.7. The Morgan fingerprint density at radius 3 is 2.44 bits per heavy atom.